The smallest absolute Gasteiger partial charge is 0.229 e. The molecule has 1 saturated carbocycles. The summed E-state index contributed by atoms with van der Waals surface area (Å²) in [6.07, 6.45) is 4.69. The zero-order valence-electron chi connectivity index (χ0n) is 21.2. The van der Waals surface area contributed by atoms with Crippen molar-refractivity contribution in [2.45, 2.75) is 19.3 Å². The van der Waals surface area contributed by atoms with Crippen molar-refractivity contribution in [2.24, 2.45) is 5.92 Å². The Labute approximate surface area is 216 Å². The number of piperazine rings is 1. The van der Waals surface area contributed by atoms with E-state index in [1.807, 2.05) is 29.2 Å². The molecule has 3 aromatic rings. The number of rotatable bonds is 7. The maximum atomic E-state index is 15.2. The lowest BCUT2D eigenvalue weighted by atomic mass is 9.85. The minimum atomic E-state index is -0.472. The molecule has 0 radical (unpaired) electrons. The van der Waals surface area contributed by atoms with Crippen LogP contribution in [0, 0.1) is 11.7 Å². The van der Waals surface area contributed by atoms with Crippen LogP contribution in [0.1, 0.15) is 19.3 Å². The number of aromatic nitrogens is 3. The van der Waals surface area contributed by atoms with Crippen LogP contribution < -0.4 is 25.2 Å². The number of nitrogens with one attached hydrogen (secondary N) is 2. The molecule has 1 aromatic carbocycles. The predicted molar refractivity (Wildman–Crippen MR) is 144 cm³/mol. The van der Waals surface area contributed by atoms with Gasteiger partial charge in [-0.2, -0.15) is 4.98 Å². The summed E-state index contributed by atoms with van der Waals surface area (Å²) in [7, 11) is 2.15. The molecule has 2 aliphatic heterocycles. The highest BCUT2D eigenvalue weighted by molar-refractivity contribution is 5.66. The minimum Gasteiger partial charge on any atom is -0.488 e. The zero-order chi connectivity index (χ0) is 25.2. The molecule has 0 unspecified atom stereocenters. The first-order valence-corrected chi connectivity index (χ1v) is 13.1. The number of likely N-dealkylation sites (N-methyl/N-ethyl adjacent to an activating group) is 1. The SMILES string of the molecule is CN1CCN(c2cccc(Nc3ncc(F)c(N(CC4CCC4)c4ccc5c(n4)NCCO5)n3)c2)CC1. The zero-order valence-corrected chi connectivity index (χ0v) is 21.2. The largest absolute Gasteiger partial charge is 0.488 e. The number of fused-ring (bicyclic) bond motifs is 1. The van der Waals surface area contributed by atoms with E-state index in [1.165, 1.54) is 12.6 Å². The van der Waals surface area contributed by atoms with Gasteiger partial charge in [0.05, 0.1) is 12.7 Å². The molecule has 194 valence electrons. The lowest BCUT2D eigenvalue weighted by Crippen LogP contribution is -2.44. The van der Waals surface area contributed by atoms with Gasteiger partial charge in [-0.25, -0.2) is 14.4 Å². The van der Waals surface area contributed by atoms with Gasteiger partial charge in [-0.3, -0.25) is 0 Å². The lowest BCUT2D eigenvalue weighted by molar-refractivity contribution is 0.313. The van der Waals surface area contributed by atoms with Crippen molar-refractivity contribution in [1.82, 2.24) is 19.9 Å². The van der Waals surface area contributed by atoms with Crippen LogP contribution in [-0.2, 0) is 0 Å². The molecule has 0 bridgehead atoms. The second-order valence-electron chi connectivity index (χ2n) is 10.0. The number of halogens is 1. The van der Waals surface area contributed by atoms with E-state index in [4.69, 9.17) is 9.72 Å². The Bertz CT molecular complexity index is 1240. The van der Waals surface area contributed by atoms with Gasteiger partial charge in [0.25, 0.3) is 0 Å². The molecule has 10 heteroatoms. The van der Waals surface area contributed by atoms with Gasteiger partial charge in [-0.15, -0.1) is 0 Å². The van der Waals surface area contributed by atoms with Gasteiger partial charge >= 0.3 is 0 Å². The van der Waals surface area contributed by atoms with E-state index in [0.29, 0.717) is 48.9 Å². The van der Waals surface area contributed by atoms with Crippen LogP contribution in [-0.4, -0.2) is 72.8 Å². The molecule has 3 aliphatic rings. The van der Waals surface area contributed by atoms with E-state index in [9.17, 15) is 0 Å². The fourth-order valence-corrected chi connectivity index (χ4v) is 4.96. The fourth-order valence-electron chi connectivity index (χ4n) is 4.96. The lowest BCUT2D eigenvalue weighted by Gasteiger charge is -2.34. The Morgan fingerprint density at radius 3 is 2.81 bits per heavy atom. The molecule has 0 spiro atoms. The summed E-state index contributed by atoms with van der Waals surface area (Å²) < 4.78 is 20.9. The van der Waals surface area contributed by atoms with Crippen molar-refractivity contribution in [1.29, 1.82) is 0 Å². The van der Waals surface area contributed by atoms with Crippen molar-refractivity contribution >= 4 is 34.8 Å². The number of anilines is 6. The minimum absolute atomic E-state index is 0.226. The van der Waals surface area contributed by atoms with Crippen molar-refractivity contribution in [3.8, 4) is 5.75 Å². The second-order valence-corrected chi connectivity index (χ2v) is 10.0. The van der Waals surface area contributed by atoms with Crippen LogP contribution in [0.15, 0.2) is 42.6 Å². The van der Waals surface area contributed by atoms with Crippen molar-refractivity contribution in [3.63, 3.8) is 0 Å². The highest BCUT2D eigenvalue weighted by Gasteiger charge is 2.27. The van der Waals surface area contributed by atoms with E-state index >= 15 is 4.39 Å². The first-order chi connectivity index (χ1) is 18.1. The molecule has 2 fully saturated rings. The van der Waals surface area contributed by atoms with Crippen molar-refractivity contribution < 1.29 is 9.13 Å². The van der Waals surface area contributed by atoms with E-state index in [1.54, 1.807) is 0 Å². The van der Waals surface area contributed by atoms with Gasteiger partial charge in [0.2, 0.25) is 5.95 Å². The Morgan fingerprint density at radius 2 is 2.00 bits per heavy atom. The molecule has 37 heavy (non-hydrogen) atoms. The molecular weight excluding hydrogens is 471 g/mol. The normalized spacial score (nSPS) is 17.8. The predicted octanol–water partition coefficient (Wildman–Crippen LogP) is 4.25. The summed E-state index contributed by atoms with van der Waals surface area (Å²) in [5.74, 6) is 2.62. The number of hydrogen-bond donors (Lipinski definition) is 2. The van der Waals surface area contributed by atoms with Crippen molar-refractivity contribution in [3.05, 3.63) is 48.4 Å². The van der Waals surface area contributed by atoms with Crippen LogP contribution in [0.3, 0.4) is 0 Å². The van der Waals surface area contributed by atoms with Crippen molar-refractivity contribution in [2.75, 3.05) is 73.4 Å². The van der Waals surface area contributed by atoms with E-state index in [0.717, 1.165) is 50.4 Å². The maximum Gasteiger partial charge on any atom is 0.229 e. The number of pyridine rings is 1. The summed E-state index contributed by atoms with van der Waals surface area (Å²) in [6.45, 7) is 6.00. The highest BCUT2D eigenvalue weighted by atomic mass is 19.1. The third-order valence-electron chi connectivity index (χ3n) is 7.39. The van der Waals surface area contributed by atoms with Gasteiger partial charge < -0.3 is 30.1 Å². The molecular formula is C27H33FN8O. The fraction of sp³-hybridized carbons (Fsp3) is 0.444. The molecule has 0 amide bonds. The van der Waals surface area contributed by atoms with Crippen LogP contribution in [0.25, 0.3) is 0 Å². The van der Waals surface area contributed by atoms with Gasteiger partial charge in [0, 0.05) is 44.1 Å². The van der Waals surface area contributed by atoms with Gasteiger partial charge in [0.15, 0.2) is 23.2 Å². The summed E-state index contributed by atoms with van der Waals surface area (Å²) in [5.41, 5.74) is 2.02. The molecule has 0 atom stereocenters. The number of nitrogens with zero attached hydrogens (tertiary/aromatic N) is 6. The average Bonchev–Trinajstić information content (AvgIpc) is 2.90. The summed E-state index contributed by atoms with van der Waals surface area (Å²) in [5, 5.41) is 6.57. The number of ether oxygens (including phenoxy) is 1. The molecule has 1 saturated heterocycles. The standard InChI is InChI=1S/C27H33FN8O/c1-34-11-13-35(14-12-34)21-7-3-6-20(16-21)31-27-30-17-22(28)26(33-27)36(18-19-4-2-5-19)24-9-8-23-25(32-24)29-10-15-37-23/h3,6-9,16-17,19H,2,4-5,10-15,18H2,1H3,(H,29,32)(H,30,31,33). The van der Waals surface area contributed by atoms with Crippen LogP contribution in [0.2, 0.25) is 0 Å². The first kappa shape index (κ1) is 23.7. The van der Waals surface area contributed by atoms with E-state index < -0.39 is 5.82 Å². The monoisotopic (exact) mass is 504 g/mol. The van der Waals surface area contributed by atoms with Crippen LogP contribution >= 0.6 is 0 Å². The topological polar surface area (TPSA) is 81.7 Å². The molecule has 4 heterocycles. The number of benzene rings is 1. The Balaban J connectivity index is 1.27. The average molecular weight is 505 g/mol. The van der Waals surface area contributed by atoms with Crippen LogP contribution in [0.5, 0.6) is 5.75 Å². The summed E-state index contributed by atoms with van der Waals surface area (Å²) in [6, 6.07) is 12.0. The molecule has 1 aliphatic carbocycles. The molecule has 2 aromatic heterocycles. The third-order valence-corrected chi connectivity index (χ3v) is 7.39. The summed E-state index contributed by atoms with van der Waals surface area (Å²) >= 11 is 0. The first-order valence-electron chi connectivity index (χ1n) is 13.1. The maximum absolute atomic E-state index is 15.2. The Kier molecular flexibility index (Phi) is 6.65. The van der Waals surface area contributed by atoms with Crippen LogP contribution in [0.4, 0.5) is 39.2 Å². The molecule has 2 N–H and O–H groups in total. The number of hydrogen-bond acceptors (Lipinski definition) is 9. The second kappa shape index (κ2) is 10.4. The van der Waals surface area contributed by atoms with Gasteiger partial charge in [-0.05, 0) is 56.1 Å². The van der Waals surface area contributed by atoms with E-state index in [-0.39, 0.29) is 5.82 Å². The third kappa shape index (κ3) is 5.24. The van der Waals surface area contributed by atoms with Gasteiger partial charge in [-0.1, -0.05) is 12.5 Å². The van der Waals surface area contributed by atoms with E-state index in [2.05, 4.69) is 49.6 Å². The Morgan fingerprint density at radius 1 is 1.14 bits per heavy atom. The molecule has 6 rings (SSSR count). The quantitative estimate of drug-likeness (QED) is 0.491. The molecule has 9 nitrogen and oxygen atoms in total. The van der Waals surface area contributed by atoms with Gasteiger partial charge in [0.1, 0.15) is 12.4 Å². The summed E-state index contributed by atoms with van der Waals surface area (Å²) in [4.78, 5) is 20.2. The highest BCUT2D eigenvalue weighted by Crippen LogP contribution is 2.36. The Hall–Kier alpha value is -3.66.